The van der Waals surface area contributed by atoms with Crippen molar-refractivity contribution >= 4 is 27.4 Å². The standard InChI is InChI=1S/C18H21N3OS/c1-2-8-17-16(7-1)18(19-23-17)21-12-10-20(11-13-21)9-3-5-15-6-4-14-22-15/h1-2,4,6-8,14H,3,5,9-13H2. The number of nitrogens with zero attached hydrogens (tertiary/aromatic N) is 3. The highest BCUT2D eigenvalue weighted by Gasteiger charge is 2.20. The molecule has 0 atom stereocenters. The first-order valence-corrected chi connectivity index (χ1v) is 9.01. The molecule has 0 unspecified atom stereocenters. The first kappa shape index (κ1) is 14.7. The number of fused-ring (bicyclic) bond motifs is 1. The molecule has 0 spiro atoms. The Bertz CT molecular complexity index is 745. The van der Waals surface area contributed by atoms with Gasteiger partial charge >= 0.3 is 0 Å². The molecule has 4 nitrogen and oxygen atoms in total. The summed E-state index contributed by atoms with van der Waals surface area (Å²) in [6.07, 6.45) is 3.95. The summed E-state index contributed by atoms with van der Waals surface area (Å²) in [5.74, 6) is 2.26. The van der Waals surface area contributed by atoms with Crippen molar-refractivity contribution in [1.82, 2.24) is 9.27 Å². The molecule has 120 valence electrons. The Morgan fingerprint density at radius 2 is 1.91 bits per heavy atom. The second-order valence-corrected chi connectivity index (χ2v) is 6.82. The number of benzene rings is 1. The highest BCUT2D eigenvalue weighted by atomic mass is 32.1. The van der Waals surface area contributed by atoms with E-state index in [1.54, 1.807) is 17.8 Å². The van der Waals surface area contributed by atoms with E-state index in [-0.39, 0.29) is 0 Å². The summed E-state index contributed by atoms with van der Waals surface area (Å²) in [6, 6.07) is 12.6. The SMILES string of the molecule is c1coc(CCCN2CCN(c3nsc4ccccc34)CC2)c1. The molecule has 0 amide bonds. The minimum absolute atomic E-state index is 1.03. The predicted octanol–water partition coefficient (Wildman–Crippen LogP) is 3.64. The quantitative estimate of drug-likeness (QED) is 0.716. The summed E-state index contributed by atoms with van der Waals surface area (Å²) < 4.78 is 11.4. The first-order valence-electron chi connectivity index (χ1n) is 8.24. The van der Waals surface area contributed by atoms with Crippen LogP contribution < -0.4 is 4.90 Å². The molecule has 1 aromatic carbocycles. The van der Waals surface area contributed by atoms with Crippen LogP contribution in [-0.4, -0.2) is 42.0 Å². The van der Waals surface area contributed by atoms with E-state index < -0.39 is 0 Å². The summed E-state index contributed by atoms with van der Waals surface area (Å²) in [7, 11) is 0. The predicted molar refractivity (Wildman–Crippen MR) is 95.3 cm³/mol. The van der Waals surface area contributed by atoms with Gasteiger partial charge in [0, 0.05) is 38.0 Å². The second-order valence-electron chi connectivity index (χ2n) is 6.01. The molecule has 1 fully saturated rings. The Hall–Kier alpha value is -1.85. The van der Waals surface area contributed by atoms with Crippen LogP contribution in [-0.2, 0) is 6.42 Å². The van der Waals surface area contributed by atoms with Crippen LogP contribution in [0.1, 0.15) is 12.2 Å². The summed E-state index contributed by atoms with van der Waals surface area (Å²) in [4.78, 5) is 4.98. The van der Waals surface area contributed by atoms with Crippen LogP contribution in [0, 0.1) is 0 Å². The van der Waals surface area contributed by atoms with Gasteiger partial charge in [-0.25, -0.2) is 0 Å². The lowest BCUT2D eigenvalue weighted by Gasteiger charge is -2.35. The topological polar surface area (TPSA) is 32.5 Å². The van der Waals surface area contributed by atoms with Gasteiger partial charge in [-0.15, -0.1) is 0 Å². The Morgan fingerprint density at radius 1 is 1.04 bits per heavy atom. The van der Waals surface area contributed by atoms with Crippen LogP contribution >= 0.6 is 11.5 Å². The van der Waals surface area contributed by atoms with E-state index in [0.29, 0.717) is 0 Å². The minimum atomic E-state index is 1.03. The molecule has 1 aliphatic heterocycles. The lowest BCUT2D eigenvalue weighted by molar-refractivity contribution is 0.253. The molecule has 1 aliphatic rings. The number of aryl methyl sites for hydroxylation is 1. The van der Waals surface area contributed by atoms with Gasteiger partial charge < -0.3 is 9.32 Å². The zero-order valence-electron chi connectivity index (χ0n) is 13.1. The molecule has 0 radical (unpaired) electrons. The average Bonchev–Trinajstić information content (AvgIpc) is 3.25. The fourth-order valence-corrected chi connectivity index (χ4v) is 4.01. The van der Waals surface area contributed by atoms with E-state index in [9.17, 15) is 0 Å². The van der Waals surface area contributed by atoms with Crippen LogP contribution in [0.3, 0.4) is 0 Å². The molecular formula is C18H21N3OS. The smallest absolute Gasteiger partial charge is 0.150 e. The lowest BCUT2D eigenvalue weighted by atomic mass is 10.2. The number of rotatable bonds is 5. The Labute approximate surface area is 140 Å². The van der Waals surface area contributed by atoms with Crippen molar-refractivity contribution < 1.29 is 4.42 Å². The highest BCUT2D eigenvalue weighted by Crippen LogP contribution is 2.29. The van der Waals surface area contributed by atoms with Gasteiger partial charge in [0.25, 0.3) is 0 Å². The van der Waals surface area contributed by atoms with Crippen LogP contribution in [0.4, 0.5) is 5.82 Å². The molecule has 0 saturated carbocycles. The van der Waals surface area contributed by atoms with E-state index in [4.69, 9.17) is 4.42 Å². The van der Waals surface area contributed by atoms with Gasteiger partial charge in [-0.3, -0.25) is 4.90 Å². The van der Waals surface area contributed by atoms with Crippen LogP contribution in [0.5, 0.6) is 0 Å². The molecule has 0 bridgehead atoms. The van der Waals surface area contributed by atoms with Crippen molar-refractivity contribution in [2.24, 2.45) is 0 Å². The molecule has 3 aromatic rings. The Balaban J connectivity index is 1.30. The van der Waals surface area contributed by atoms with Crippen molar-refractivity contribution in [3.63, 3.8) is 0 Å². The van der Waals surface area contributed by atoms with Crippen LogP contribution in [0.15, 0.2) is 47.1 Å². The lowest BCUT2D eigenvalue weighted by Crippen LogP contribution is -2.46. The first-order chi connectivity index (χ1) is 11.4. The molecule has 1 saturated heterocycles. The molecule has 23 heavy (non-hydrogen) atoms. The summed E-state index contributed by atoms with van der Waals surface area (Å²) in [5.41, 5.74) is 0. The zero-order valence-corrected chi connectivity index (χ0v) is 14.0. The van der Waals surface area contributed by atoms with Crippen molar-refractivity contribution in [2.45, 2.75) is 12.8 Å². The van der Waals surface area contributed by atoms with Crippen molar-refractivity contribution in [3.8, 4) is 0 Å². The van der Waals surface area contributed by atoms with E-state index in [0.717, 1.165) is 51.3 Å². The van der Waals surface area contributed by atoms with Crippen molar-refractivity contribution in [3.05, 3.63) is 48.4 Å². The maximum absolute atomic E-state index is 5.40. The van der Waals surface area contributed by atoms with Gasteiger partial charge in [0.2, 0.25) is 0 Å². The third kappa shape index (κ3) is 3.26. The second kappa shape index (κ2) is 6.72. The van der Waals surface area contributed by atoms with E-state index in [1.165, 1.54) is 15.9 Å². The van der Waals surface area contributed by atoms with Gasteiger partial charge in [0.1, 0.15) is 11.6 Å². The van der Waals surface area contributed by atoms with E-state index in [1.807, 2.05) is 6.07 Å². The molecule has 4 rings (SSSR count). The molecule has 2 aromatic heterocycles. The fourth-order valence-electron chi connectivity index (χ4n) is 3.22. The molecule has 0 aliphatic carbocycles. The average molecular weight is 327 g/mol. The monoisotopic (exact) mass is 327 g/mol. The molecule has 3 heterocycles. The maximum Gasteiger partial charge on any atom is 0.150 e. The number of piperazine rings is 1. The van der Waals surface area contributed by atoms with Crippen LogP contribution in [0.2, 0.25) is 0 Å². The maximum atomic E-state index is 5.40. The largest absolute Gasteiger partial charge is 0.469 e. The fraction of sp³-hybridized carbons (Fsp3) is 0.389. The number of anilines is 1. The van der Waals surface area contributed by atoms with Crippen molar-refractivity contribution in [2.75, 3.05) is 37.6 Å². The zero-order chi connectivity index (χ0) is 15.5. The Morgan fingerprint density at radius 3 is 2.74 bits per heavy atom. The third-order valence-electron chi connectivity index (χ3n) is 4.51. The third-order valence-corrected chi connectivity index (χ3v) is 5.32. The number of hydrogen-bond acceptors (Lipinski definition) is 5. The normalized spacial score (nSPS) is 16.3. The summed E-state index contributed by atoms with van der Waals surface area (Å²) in [6.45, 7) is 5.50. The number of aromatic nitrogens is 1. The highest BCUT2D eigenvalue weighted by molar-refractivity contribution is 7.13. The minimum Gasteiger partial charge on any atom is -0.469 e. The van der Waals surface area contributed by atoms with Crippen LogP contribution in [0.25, 0.3) is 10.1 Å². The van der Waals surface area contributed by atoms with Gasteiger partial charge in [-0.05, 0) is 48.8 Å². The van der Waals surface area contributed by atoms with E-state index >= 15 is 0 Å². The summed E-state index contributed by atoms with van der Waals surface area (Å²) >= 11 is 1.61. The van der Waals surface area contributed by atoms with Gasteiger partial charge in [-0.2, -0.15) is 4.37 Å². The molecule has 5 heteroatoms. The van der Waals surface area contributed by atoms with E-state index in [2.05, 4.69) is 44.5 Å². The van der Waals surface area contributed by atoms with Crippen molar-refractivity contribution in [1.29, 1.82) is 0 Å². The van der Waals surface area contributed by atoms with Gasteiger partial charge in [-0.1, -0.05) is 12.1 Å². The number of hydrogen-bond donors (Lipinski definition) is 0. The van der Waals surface area contributed by atoms with Gasteiger partial charge in [0.15, 0.2) is 0 Å². The Kier molecular flexibility index (Phi) is 4.30. The van der Waals surface area contributed by atoms with Gasteiger partial charge in [0.05, 0.1) is 11.0 Å². The molecule has 0 N–H and O–H groups in total. The number of furan rings is 1. The molecular weight excluding hydrogens is 306 g/mol. The summed E-state index contributed by atoms with van der Waals surface area (Å²) in [5, 5.41) is 1.30.